The Kier molecular flexibility index (Phi) is 4.42. The molecule has 116 valence electrons. The van der Waals surface area contributed by atoms with Crippen molar-refractivity contribution in [2.45, 2.75) is 44.7 Å². The van der Waals surface area contributed by atoms with Gasteiger partial charge in [-0.1, -0.05) is 0 Å². The number of carbonyl (C=O) groups is 1. The summed E-state index contributed by atoms with van der Waals surface area (Å²) < 4.78 is 10.7. The predicted octanol–water partition coefficient (Wildman–Crippen LogP) is 2.32. The second-order valence-electron chi connectivity index (χ2n) is 5.84. The second-order valence-corrected chi connectivity index (χ2v) is 5.84. The van der Waals surface area contributed by atoms with Gasteiger partial charge in [-0.15, -0.1) is 0 Å². The van der Waals surface area contributed by atoms with E-state index in [1.54, 1.807) is 14.2 Å². The van der Waals surface area contributed by atoms with Gasteiger partial charge in [0.15, 0.2) is 11.5 Å². The number of hydrogen-bond donors (Lipinski definition) is 2. The maximum Gasteiger partial charge on any atom is 0.303 e. The standard InChI is InChI=1S/C16H23NO4/c1-10-7-11-8-13(20-3)14(21-4)9-12(11)16(2,17-10)6-5-15(18)19/h8-10,17H,5-7H2,1-4H3,(H,18,19). The molecule has 0 aromatic heterocycles. The molecule has 0 bridgehead atoms. The van der Waals surface area contributed by atoms with Crippen LogP contribution in [0.4, 0.5) is 0 Å². The van der Waals surface area contributed by atoms with Crippen molar-refractivity contribution in [3.63, 3.8) is 0 Å². The zero-order valence-electron chi connectivity index (χ0n) is 13.0. The van der Waals surface area contributed by atoms with E-state index in [-0.39, 0.29) is 18.0 Å². The molecule has 0 radical (unpaired) electrons. The van der Waals surface area contributed by atoms with Gasteiger partial charge in [-0.2, -0.15) is 0 Å². The molecule has 0 saturated carbocycles. The lowest BCUT2D eigenvalue weighted by Crippen LogP contribution is -2.50. The highest BCUT2D eigenvalue weighted by atomic mass is 16.5. The summed E-state index contributed by atoms with van der Waals surface area (Å²) >= 11 is 0. The van der Waals surface area contributed by atoms with E-state index >= 15 is 0 Å². The Labute approximate surface area is 125 Å². The molecule has 1 aromatic carbocycles. The van der Waals surface area contributed by atoms with E-state index in [0.717, 1.165) is 12.0 Å². The van der Waals surface area contributed by atoms with Crippen LogP contribution in [0.1, 0.15) is 37.8 Å². The highest BCUT2D eigenvalue weighted by Gasteiger charge is 2.35. The summed E-state index contributed by atoms with van der Waals surface area (Å²) in [5.74, 6) is 0.610. The smallest absolute Gasteiger partial charge is 0.303 e. The molecule has 0 amide bonds. The van der Waals surface area contributed by atoms with Crippen LogP contribution < -0.4 is 14.8 Å². The first-order valence-corrected chi connectivity index (χ1v) is 7.14. The van der Waals surface area contributed by atoms with Crippen molar-refractivity contribution in [3.05, 3.63) is 23.3 Å². The minimum absolute atomic E-state index is 0.129. The fourth-order valence-corrected chi connectivity index (χ4v) is 3.17. The molecule has 0 spiro atoms. The van der Waals surface area contributed by atoms with Crippen LogP contribution in [0.15, 0.2) is 12.1 Å². The Bertz CT molecular complexity index is 543. The average Bonchev–Trinajstić information content (AvgIpc) is 2.43. The zero-order chi connectivity index (χ0) is 15.6. The lowest BCUT2D eigenvalue weighted by Gasteiger charge is -2.41. The van der Waals surface area contributed by atoms with Crippen LogP contribution in [0, 0.1) is 0 Å². The van der Waals surface area contributed by atoms with Gasteiger partial charge in [-0.25, -0.2) is 0 Å². The number of rotatable bonds is 5. The lowest BCUT2D eigenvalue weighted by molar-refractivity contribution is -0.137. The van der Waals surface area contributed by atoms with E-state index in [1.807, 2.05) is 12.1 Å². The predicted molar refractivity (Wildman–Crippen MR) is 80.1 cm³/mol. The largest absolute Gasteiger partial charge is 0.493 e. The van der Waals surface area contributed by atoms with Crippen LogP contribution >= 0.6 is 0 Å². The summed E-state index contributed by atoms with van der Waals surface area (Å²) in [7, 11) is 3.23. The van der Waals surface area contributed by atoms with Crippen LogP contribution in [0.5, 0.6) is 11.5 Å². The molecular formula is C16H23NO4. The SMILES string of the molecule is COc1cc2c(cc1OC)C(C)(CCC(=O)O)NC(C)C2. The highest BCUT2D eigenvalue weighted by molar-refractivity contribution is 5.67. The van der Waals surface area contributed by atoms with E-state index in [0.29, 0.717) is 17.9 Å². The van der Waals surface area contributed by atoms with Gasteiger partial charge in [0.25, 0.3) is 0 Å². The van der Waals surface area contributed by atoms with Gasteiger partial charge >= 0.3 is 5.97 Å². The number of methoxy groups -OCH3 is 2. The third-order valence-electron chi connectivity index (χ3n) is 4.13. The molecule has 21 heavy (non-hydrogen) atoms. The molecule has 0 aliphatic carbocycles. The maximum atomic E-state index is 10.9. The van der Waals surface area contributed by atoms with Gasteiger partial charge in [0.1, 0.15) is 0 Å². The highest BCUT2D eigenvalue weighted by Crippen LogP contribution is 2.40. The number of carboxylic acids is 1. The number of ether oxygens (including phenoxy) is 2. The number of aliphatic carboxylic acids is 1. The lowest BCUT2D eigenvalue weighted by atomic mass is 9.78. The monoisotopic (exact) mass is 293 g/mol. The molecule has 1 heterocycles. The average molecular weight is 293 g/mol. The van der Waals surface area contributed by atoms with Gasteiger partial charge in [0.05, 0.1) is 14.2 Å². The van der Waals surface area contributed by atoms with Crippen LogP contribution in [0.3, 0.4) is 0 Å². The molecule has 5 nitrogen and oxygen atoms in total. The molecule has 1 aliphatic rings. The van der Waals surface area contributed by atoms with Crippen LogP contribution in [-0.2, 0) is 16.8 Å². The minimum atomic E-state index is -0.779. The fourth-order valence-electron chi connectivity index (χ4n) is 3.17. The molecule has 2 rings (SSSR count). The third-order valence-corrected chi connectivity index (χ3v) is 4.13. The van der Waals surface area contributed by atoms with Crippen molar-refractivity contribution in [1.82, 2.24) is 5.32 Å². The Hall–Kier alpha value is -1.75. The quantitative estimate of drug-likeness (QED) is 0.872. The summed E-state index contributed by atoms with van der Waals surface area (Å²) in [6, 6.07) is 4.26. The summed E-state index contributed by atoms with van der Waals surface area (Å²) in [6.07, 6.45) is 1.55. The molecule has 5 heteroatoms. The maximum absolute atomic E-state index is 10.9. The number of benzene rings is 1. The first kappa shape index (κ1) is 15.6. The number of carboxylic acid groups (broad SMARTS) is 1. The van der Waals surface area contributed by atoms with Crippen molar-refractivity contribution >= 4 is 5.97 Å². The summed E-state index contributed by atoms with van der Waals surface area (Å²) in [4.78, 5) is 10.9. The zero-order valence-corrected chi connectivity index (χ0v) is 13.0. The molecular weight excluding hydrogens is 270 g/mol. The Morgan fingerprint density at radius 3 is 2.57 bits per heavy atom. The van der Waals surface area contributed by atoms with Crippen LogP contribution in [-0.4, -0.2) is 31.3 Å². The second kappa shape index (κ2) is 5.93. The molecule has 2 N–H and O–H groups in total. The van der Waals surface area contributed by atoms with Gasteiger partial charge in [-0.3, -0.25) is 4.79 Å². The fraction of sp³-hybridized carbons (Fsp3) is 0.562. The molecule has 0 saturated heterocycles. The van der Waals surface area contributed by atoms with Gasteiger partial charge in [-0.05, 0) is 49.9 Å². The van der Waals surface area contributed by atoms with Crippen molar-refractivity contribution < 1.29 is 19.4 Å². The van der Waals surface area contributed by atoms with Crippen molar-refractivity contribution in [1.29, 1.82) is 0 Å². The van der Waals surface area contributed by atoms with E-state index in [1.165, 1.54) is 5.56 Å². The molecule has 0 fully saturated rings. The van der Waals surface area contributed by atoms with E-state index in [4.69, 9.17) is 14.6 Å². The Morgan fingerprint density at radius 2 is 2.00 bits per heavy atom. The van der Waals surface area contributed by atoms with Gasteiger partial charge in [0, 0.05) is 18.0 Å². The first-order valence-electron chi connectivity index (χ1n) is 7.14. The topological polar surface area (TPSA) is 67.8 Å². The summed E-state index contributed by atoms with van der Waals surface area (Å²) in [5.41, 5.74) is 1.91. The first-order chi connectivity index (χ1) is 9.89. The number of hydrogen-bond acceptors (Lipinski definition) is 4. The van der Waals surface area contributed by atoms with Crippen molar-refractivity contribution in [3.8, 4) is 11.5 Å². The van der Waals surface area contributed by atoms with Crippen LogP contribution in [0.2, 0.25) is 0 Å². The van der Waals surface area contributed by atoms with Gasteiger partial charge in [0.2, 0.25) is 0 Å². The Morgan fingerprint density at radius 1 is 1.38 bits per heavy atom. The van der Waals surface area contributed by atoms with Crippen LogP contribution in [0.25, 0.3) is 0 Å². The number of nitrogens with one attached hydrogen (secondary N) is 1. The molecule has 2 unspecified atom stereocenters. The van der Waals surface area contributed by atoms with Crippen molar-refractivity contribution in [2.75, 3.05) is 14.2 Å². The number of fused-ring (bicyclic) bond motifs is 1. The van der Waals surface area contributed by atoms with E-state index < -0.39 is 5.97 Å². The Balaban J connectivity index is 2.46. The third kappa shape index (κ3) is 3.13. The normalized spacial score (nSPS) is 24.3. The summed E-state index contributed by atoms with van der Waals surface area (Å²) in [5, 5.41) is 12.5. The molecule has 1 aliphatic heterocycles. The summed E-state index contributed by atoms with van der Waals surface area (Å²) in [6.45, 7) is 4.16. The van der Waals surface area contributed by atoms with Gasteiger partial charge < -0.3 is 19.9 Å². The van der Waals surface area contributed by atoms with E-state index in [9.17, 15) is 4.79 Å². The molecule has 1 aromatic rings. The minimum Gasteiger partial charge on any atom is -0.493 e. The van der Waals surface area contributed by atoms with Crippen molar-refractivity contribution in [2.24, 2.45) is 0 Å². The molecule has 2 atom stereocenters. The van der Waals surface area contributed by atoms with E-state index in [2.05, 4.69) is 19.2 Å².